The molecule has 0 aromatic heterocycles. The minimum absolute atomic E-state index is 0.0311. The Hall–Kier alpha value is -1.55. The molecule has 21 heavy (non-hydrogen) atoms. The van der Waals surface area contributed by atoms with Crippen molar-refractivity contribution in [2.45, 2.75) is 33.2 Å². The van der Waals surface area contributed by atoms with Gasteiger partial charge >= 0.3 is 5.97 Å². The molecule has 4 nitrogen and oxygen atoms in total. The molecule has 0 N–H and O–H groups in total. The van der Waals surface area contributed by atoms with Crippen LogP contribution in [0.3, 0.4) is 0 Å². The van der Waals surface area contributed by atoms with Gasteiger partial charge in [-0.2, -0.15) is 0 Å². The zero-order chi connectivity index (χ0) is 16.0. The van der Waals surface area contributed by atoms with Gasteiger partial charge in [0.15, 0.2) is 0 Å². The molecule has 0 saturated heterocycles. The second kappa shape index (κ2) is 8.03. The van der Waals surface area contributed by atoms with Crippen LogP contribution in [-0.2, 0) is 9.53 Å². The van der Waals surface area contributed by atoms with Gasteiger partial charge in [0, 0.05) is 23.2 Å². The van der Waals surface area contributed by atoms with E-state index in [1.807, 2.05) is 13.8 Å². The minimum atomic E-state index is -0.368. The number of esters is 1. The molecule has 0 heterocycles. The van der Waals surface area contributed by atoms with Gasteiger partial charge in [-0.3, -0.25) is 9.59 Å². The number of benzene rings is 1. The van der Waals surface area contributed by atoms with E-state index < -0.39 is 0 Å². The van der Waals surface area contributed by atoms with Crippen LogP contribution in [-0.4, -0.2) is 36.5 Å². The van der Waals surface area contributed by atoms with Gasteiger partial charge in [0.05, 0.1) is 13.0 Å². The number of amides is 1. The van der Waals surface area contributed by atoms with Crippen LogP contribution in [0.25, 0.3) is 0 Å². The van der Waals surface area contributed by atoms with Gasteiger partial charge in [0.1, 0.15) is 0 Å². The van der Waals surface area contributed by atoms with Gasteiger partial charge in [-0.15, -0.1) is 0 Å². The monoisotopic (exact) mass is 311 g/mol. The van der Waals surface area contributed by atoms with Crippen molar-refractivity contribution >= 4 is 23.5 Å². The van der Waals surface area contributed by atoms with Gasteiger partial charge in [0.2, 0.25) is 0 Å². The number of ether oxygens (including phenoxy) is 1. The first-order valence-corrected chi connectivity index (χ1v) is 7.42. The Balaban J connectivity index is 2.97. The van der Waals surface area contributed by atoms with Crippen molar-refractivity contribution in [1.82, 2.24) is 4.90 Å². The van der Waals surface area contributed by atoms with E-state index >= 15 is 0 Å². The molecule has 0 aliphatic heterocycles. The predicted molar refractivity (Wildman–Crippen MR) is 83.4 cm³/mol. The summed E-state index contributed by atoms with van der Waals surface area (Å²) in [4.78, 5) is 26.0. The lowest BCUT2D eigenvalue weighted by Gasteiger charge is -2.30. The number of hydrogen-bond acceptors (Lipinski definition) is 3. The van der Waals surface area contributed by atoms with Crippen LogP contribution in [0.15, 0.2) is 24.3 Å². The van der Waals surface area contributed by atoms with Crippen molar-refractivity contribution in [2.24, 2.45) is 5.92 Å². The second-order valence-corrected chi connectivity index (χ2v) is 5.59. The van der Waals surface area contributed by atoms with Crippen LogP contribution in [0.1, 0.15) is 37.6 Å². The van der Waals surface area contributed by atoms with E-state index in [2.05, 4.69) is 0 Å². The Bertz CT molecular complexity index is 504. The fourth-order valence-electron chi connectivity index (χ4n) is 2.04. The number of carbonyl (C=O) groups is 2. The number of nitrogens with zero attached hydrogens (tertiary/aromatic N) is 1. The van der Waals surface area contributed by atoms with Crippen molar-refractivity contribution in [1.29, 1.82) is 0 Å². The summed E-state index contributed by atoms with van der Waals surface area (Å²) in [5.74, 6) is -0.808. The summed E-state index contributed by atoms with van der Waals surface area (Å²) in [6.07, 6.45) is 0.806. The Labute approximate surface area is 131 Å². The molecule has 5 heteroatoms. The number of hydrogen-bond donors (Lipinski definition) is 0. The fraction of sp³-hybridized carbons (Fsp3) is 0.500. The summed E-state index contributed by atoms with van der Waals surface area (Å²) < 4.78 is 4.73. The molecule has 1 aromatic carbocycles. The number of rotatable bonds is 6. The van der Waals surface area contributed by atoms with Gasteiger partial charge in [-0.05, 0) is 31.5 Å². The van der Waals surface area contributed by atoms with Crippen molar-refractivity contribution in [3.05, 3.63) is 34.9 Å². The first-order valence-electron chi connectivity index (χ1n) is 7.05. The summed E-state index contributed by atoms with van der Waals surface area (Å²) in [7, 11) is 1.35. The molecule has 1 aromatic rings. The number of carbonyl (C=O) groups excluding carboxylic acids is 2. The van der Waals surface area contributed by atoms with E-state index in [1.165, 1.54) is 7.11 Å². The van der Waals surface area contributed by atoms with E-state index in [4.69, 9.17) is 16.3 Å². The second-order valence-electron chi connectivity index (χ2n) is 5.15. The summed E-state index contributed by atoms with van der Waals surface area (Å²) in [6, 6.07) is 6.87. The Morgan fingerprint density at radius 2 is 2.00 bits per heavy atom. The van der Waals surface area contributed by atoms with Crippen LogP contribution in [0.5, 0.6) is 0 Å². The highest BCUT2D eigenvalue weighted by Gasteiger charge is 2.25. The number of methoxy groups -OCH3 is 1. The maximum absolute atomic E-state index is 12.7. The molecule has 2 unspecified atom stereocenters. The summed E-state index contributed by atoms with van der Waals surface area (Å²) in [5, 5.41) is 0.519. The highest BCUT2D eigenvalue weighted by atomic mass is 35.5. The van der Waals surface area contributed by atoms with Crippen LogP contribution in [0.4, 0.5) is 0 Å². The first-order chi connectivity index (χ1) is 9.90. The third kappa shape index (κ3) is 4.74. The minimum Gasteiger partial charge on any atom is -0.469 e. The highest BCUT2D eigenvalue weighted by Crippen LogP contribution is 2.17. The van der Waals surface area contributed by atoms with Gasteiger partial charge < -0.3 is 9.64 Å². The normalized spacial score (nSPS) is 13.4. The lowest BCUT2D eigenvalue weighted by Crippen LogP contribution is -2.42. The maximum atomic E-state index is 12.7. The van der Waals surface area contributed by atoms with E-state index in [9.17, 15) is 9.59 Å². The molecule has 0 saturated carbocycles. The van der Waals surface area contributed by atoms with Crippen LogP contribution in [0, 0.1) is 5.92 Å². The maximum Gasteiger partial charge on any atom is 0.310 e. The lowest BCUT2D eigenvalue weighted by molar-refractivity contribution is -0.145. The van der Waals surface area contributed by atoms with Gasteiger partial charge in [0.25, 0.3) is 5.91 Å². The number of halogens is 1. The van der Waals surface area contributed by atoms with Crippen molar-refractivity contribution in [3.63, 3.8) is 0 Å². The molecule has 0 fully saturated rings. The molecule has 116 valence electrons. The van der Waals surface area contributed by atoms with Gasteiger partial charge in [-0.25, -0.2) is 0 Å². The molecule has 0 spiro atoms. The third-order valence-electron chi connectivity index (χ3n) is 3.53. The van der Waals surface area contributed by atoms with Crippen molar-refractivity contribution < 1.29 is 14.3 Å². The average Bonchev–Trinajstić information content (AvgIpc) is 2.50. The van der Waals surface area contributed by atoms with Crippen LogP contribution >= 0.6 is 11.6 Å². The SMILES string of the molecule is CCC(C)N(CC(C)C(=O)OC)C(=O)c1cccc(Cl)c1. The Morgan fingerprint density at radius 3 is 2.52 bits per heavy atom. The van der Waals surface area contributed by atoms with Crippen molar-refractivity contribution in [3.8, 4) is 0 Å². The lowest BCUT2D eigenvalue weighted by atomic mass is 10.1. The van der Waals surface area contributed by atoms with Gasteiger partial charge in [-0.1, -0.05) is 31.5 Å². The molecule has 0 radical (unpaired) electrons. The van der Waals surface area contributed by atoms with E-state index in [0.717, 1.165) is 6.42 Å². The Kier molecular flexibility index (Phi) is 6.69. The van der Waals surface area contributed by atoms with E-state index in [1.54, 1.807) is 36.1 Å². The Morgan fingerprint density at radius 1 is 1.33 bits per heavy atom. The molecule has 2 atom stereocenters. The molecular weight excluding hydrogens is 290 g/mol. The standard InChI is InChI=1S/C16H22ClNO3/c1-5-12(3)18(10-11(2)16(20)21-4)15(19)13-7-6-8-14(17)9-13/h6-9,11-12H,5,10H2,1-4H3. The molecule has 1 rings (SSSR count). The predicted octanol–water partition coefficient (Wildman–Crippen LogP) is 3.39. The first kappa shape index (κ1) is 17.5. The summed E-state index contributed by atoms with van der Waals surface area (Å²) >= 11 is 5.94. The topological polar surface area (TPSA) is 46.6 Å². The average molecular weight is 312 g/mol. The molecular formula is C16H22ClNO3. The zero-order valence-corrected chi connectivity index (χ0v) is 13.7. The van der Waals surface area contributed by atoms with Crippen LogP contribution in [0.2, 0.25) is 5.02 Å². The molecule has 0 aliphatic carbocycles. The smallest absolute Gasteiger partial charge is 0.310 e. The van der Waals surface area contributed by atoms with E-state index in [-0.39, 0.29) is 23.8 Å². The highest BCUT2D eigenvalue weighted by molar-refractivity contribution is 6.30. The van der Waals surface area contributed by atoms with Crippen molar-refractivity contribution in [2.75, 3.05) is 13.7 Å². The zero-order valence-electron chi connectivity index (χ0n) is 12.9. The molecule has 0 aliphatic rings. The fourth-order valence-corrected chi connectivity index (χ4v) is 2.23. The molecule has 1 amide bonds. The van der Waals surface area contributed by atoms with E-state index in [0.29, 0.717) is 17.1 Å². The summed E-state index contributed by atoms with van der Waals surface area (Å²) in [5.41, 5.74) is 0.528. The van der Waals surface area contributed by atoms with Crippen LogP contribution < -0.4 is 0 Å². The summed E-state index contributed by atoms with van der Waals surface area (Å²) in [6.45, 7) is 6.05. The largest absolute Gasteiger partial charge is 0.469 e. The third-order valence-corrected chi connectivity index (χ3v) is 3.76. The molecule has 0 bridgehead atoms. The quantitative estimate of drug-likeness (QED) is 0.757.